The van der Waals surface area contributed by atoms with Gasteiger partial charge in [0.05, 0.1) is 18.2 Å². The fourth-order valence-electron chi connectivity index (χ4n) is 3.31. The Morgan fingerprint density at radius 3 is 2.41 bits per heavy atom. The Morgan fingerprint density at radius 1 is 0.938 bits per heavy atom. The van der Waals surface area contributed by atoms with Crippen LogP contribution >= 0.6 is 39.1 Å². The molecule has 3 rings (SSSR count). The standard InChI is InChI=1S/C25H26BrCl2NO3/c1-3-31-24-14-17(15-29-12-11-18-7-4-5-10-23(18)30-2)13-20(26)25(24)32-16-19-21(27)8-6-9-22(19)28/h4-10,13-14,29H,3,11-12,15-16H2,1-2H3. The van der Waals surface area contributed by atoms with Crippen LogP contribution in [0.25, 0.3) is 0 Å². The third-order valence-corrected chi connectivity index (χ3v) is 6.18. The molecule has 0 heterocycles. The molecule has 0 bridgehead atoms. The first-order chi connectivity index (χ1) is 15.5. The van der Waals surface area contributed by atoms with E-state index < -0.39 is 0 Å². The first kappa shape index (κ1) is 24.7. The maximum absolute atomic E-state index is 6.27. The van der Waals surface area contributed by atoms with Crippen molar-refractivity contribution in [1.82, 2.24) is 5.32 Å². The number of hydrogen-bond donors (Lipinski definition) is 1. The Labute approximate surface area is 207 Å². The number of hydrogen-bond acceptors (Lipinski definition) is 4. The van der Waals surface area contributed by atoms with E-state index in [0.717, 1.165) is 34.3 Å². The molecule has 0 aromatic heterocycles. The van der Waals surface area contributed by atoms with Gasteiger partial charge in [0.2, 0.25) is 0 Å². The molecule has 0 saturated carbocycles. The zero-order valence-corrected chi connectivity index (χ0v) is 21.2. The van der Waals surface area contributed by atoms with Crippen LogP contribution in [-0.2, 0) is 19.6 Å². The summed E-state index contributed by atoms with van der Waals surface area (Å²) in [6.07, 6.45) is 0.878. The monoisotopic (exact) mass is 537 g/mol. The van der Waals surface area contributed by atoms with Crippen molar-refractivity contribution < 1.29 is 14.2 Å². The number of nitrogens with one attached hydrogen (secondary N) is 1. The van der Waals surface area contributed by atoms with E-state index in [1.165, 1.54) is 5.56 Å². The Balaban J connectivity index is 1.65. The Hall–Kier alpha value is -1.92. The molecule has 0 amide bonds. The number of para-hydroxylation sites is 1. The molecule has 3 aromatic rings. The van der Waals surface area contributed by atoms with E-state index in [0.29, 0.717) is 34.7 Å². The van der Waals surface area contributed by atoms with Crippen LogP contribution in [-0.4, -0.2) is 20.3 Å². The number of rotatable bonds is 11. The Kier molecular flexibility index (Phi) is 9.54. The average molecular weight is 539 g/mol. The largest absolute Gasteiger partial charge is 0.496 e. The highest BCUT2D eigenvalue weighted by molar-refractivity contribution is 9.10. The van der Waals surface area contributed by atoms with Gasteiger partial charge in [-0.1, -0.05) is 47.5 Å². The predicted octanol–water partition coefficient (Wildman–Crippen LogP) is 7.07. The number of benzene rings is 3. The normalized spacial score (nSPS) is 10.8. The van der Waals surface area contributed by atoms with Crippen LogP contribution in [0.5, 0.6) is 17.2 Å². The fraction of sp³-hybridized carbons (Fsp3) is 0.280. The minimum absolute atomic E-state index is 0.244. The summed E-state index contributed by atoms with van der Waals surface area (Å²) in [6.45, 7) is 4.24. The second kappa shape index (κ2) is 12.4. The van der Waals surface area contributed by atoms with Gasteiger partial charge in [0.1, 0.15) is 12.4 Å². The quantitative estimate of drug-likeness (QED) is 0.265. The Bertz CT molecular complexity index is 1030. The molecular weight excluding hydrogens is 513 g/mol. The Morgan fingerprint density at radius 2 is 1.69 bits per heavy atom. The number of methoxy groups -OCH3 is 1. The van der Waals surface area contributed by atoms with Gasteiger partial charge in [0.25, 0.3) is 0 Å². The van der Waals surface area contributed by atoms with Crippen molar-refractivity contribution >= 4 is 39.1 Å². The van der Waals surface area contributed by atoms with E-state index >= 15 is 0 Å². The molecule has 3 aromatic carbocycles. The van der Waals surface area contributed by atoms with Crippen LogP contribution in [0.4, 0.5) is 0 Å². The summed E-state index contributed by atoms with van der Waals surface area (Å²) in [7, 11) is 1.70. The lowest BCUT2D eigenvalue weighted by Crippen LogP contribution is -2.17. The van der Waals surface area contributed by atoms with Crippen LogP contribution in [0.1, 0.15) is 23.6 Å². The van der Waals surface area contributed by atoms with Crippen molar-refractivity contribution in [2.24, 2.45) is 0 Å². The van der Waals surface area contributed by atoms with E-state index in [-0.39, 0.29) is 6.61 Å². The van der Waals surface area contributed by atoms with Crippen molar-refractivity contribution in [2.45, 2.75) is 26.5 Å². The first-order valence-corrected chi connectivity index (χ1v) is 11.9. The molecular formula is C25H26BrCl2NO3. The highest BCUT2D eigenvalue weighted by atomic mass is 79.9. The van der Waals surface area contributed by atoms with Gasteiger partial charge in [0, 0.05) is 22.2 Å². The molecule has 0 aliphatic carbocycles. The molecule has 0 spiro atoms. The topological polar surface area (TPSA) is 39.7 Å². The van der Waals surface area contributed by atoms with Crippen molar-refractivity contribution in [1.29, 1.82) is 0 Å². The van der Waals surface area contributed by atoms with Gasteiger partial charge in [-0.2, -0.15) is 0 Å². The number of ether oxygens (including phenoxy) is 3. The molecule has 32 heavy (non-hydrogen) atoms. The maximum Gasteiger partial charge on any atom is 0.175 e. The first-order valence-electron chi connectivity index (χ1n) is 10.4. The third kappa shape index (κ3) is 6.55. The molecule has 0 atom stereocenters. The molecule has 7 heteroatoms. The zero-order valence-electron chi connectivity index (χ0n) is 18.1. The molecule has 0 fully saturated rings. The van der Waals surface area contributed by atoms with Crippen molar-refractivity contribution in [3.63, 3.8) is 0 Å². The summed E-state index contributed by atoms with van der Waals surface area (Å²) in [6, 6.07) is 17.5. The van der Waals surface area contributed by atoms with Gasteiger partial charge in [-0.15, -0.1) is 0 Å². The zero-order chi connectivity index (χ0) is 22.9. The summed E-state index contributed by atoms with van der Waals surface area (Å²) in [5.74, 6) is 2.21. The second-order valence-electron chi connectivity index (χ2n) is 7.07. The SMILES string of the molecule is CCOc1cc(CNCCc2ccccc2OC)cc(Br)c1OCc1c(Cl)cccc1Cl. The smallest absolute Gasteiger partial charge is 0.175 e. The maximum atomic E-state index is 6.27. The highest BCUT2D eigenvalue weighted by Gasteiger charge is 2.14. The van der Waals surface area contributed by atoms with Crippen LogP contribution in [0.2, 0.25) is 10.0 Å². The molecule has 170 valence electrons. The minimum atomic E-state index is 0.244. The summed E-state index contributed by atoms with van der Waals surface area (Å²) < 4.78 is 18.1. The average Bonchev–Trinajstić information content (AvgIpc) is 2.78. The minimum Gasteiger partial charge on any atom is -0.496 e. The van der Waals surface area contributed by atoms with Gasteiger partial charge >= 0.3 is 0 Å². The van der Waals surface area contributed by atoms with Crippen LogP contribution in [0.15, 0.2) is 59.1 Å². The van der Waals surface area contributed by atoms with Crippen molar-refractivity contribution in [2.75, 3.05) is 20.3 Å². The van der Waals surface area contributed by atoms with E-state index in [9.17, 15) is 0 Å². The summed E-state index contributed by atoms with van der Waals surface area (Å²) in [4.78, 5) is 0. The van der Waals surface area contributed by atoms with Crippen molar-refractivity contribution in [3.8, 4) is 17.2 Å². The molecule has 0 radical (unpaired) electrons. The van der Waals surface area contributed by atoms with Crippen LogP contribution in [0, 0.1) is 0 Å². The van der Waals surface area contributed by atoms with Crippen molar-refractivity contribution in [3.05, 3.63) is 85.8 Å². The summed E-state index contributed by atoms with van der Waals surface area (Å²) in [5, 5.41) is 4.63. The van der Waals surface area contributed by atoms with Gasteiger partial charge < -0.3 is 19.5 Å². The van der Waals surface area contributed by atoms with Gasteiger partial charge in [-0.25, -0.2) is 0 Å². The summed E-state index contributed by atoms with van der Waals surface area (Å²) >= 11 is 16.2. The summed E-state index contributed by atoms with van der Waals surface area (Å²) in [5.41, 5.74) is 3.01. The van der Waals surface area contributed by atoms with E-state index in [2.05, 4.69) is 27.3 Å². The second-order valence-corrected chi connectivity index (χ2v) is 8.73. The lowest BCUT2D eigenvalue weighted by molar-refractivity contribution is 0.267. The van der Waals surface area contributed by atoms with Gasteiger partial charge in [-0.3, -0.25) is 0 Å². The molecule has 0 saturated heterocycles. The predicted molar refractivity (Wildman–Crippen MR) is 135 cm³/mol. The molecule has 4 nitrogen and oxygen atoms in total. The number of halogens is 3. The van der Waals surface area contributed by atoms with Gasteiger partial charge in [-0.05, 0) is 77.3 Å². The highest BCUT2D eigenvalue weighted by Crippen LogP contribution is 2.38. The fourth-order valence-corrected chi connectivity index (χ4v) is 4.42. The molecule has 0 aliphatic rings. The lowest BCUT2D eigenvalue weighted by Gasteiger charge is -2.17. The van der Waals surface area contributed by atoms with E-state index in [1.54, 1.807) is 19.2 Å². The van der Waals surface area contributed by atoms with E-state index in [1.807, 2.05) is 43.3 Å². The lowest BCUT2D eigenvalue weighted by atomic mass is 10.1. The molecule has 0 aliphatic heterocycles. The molecule has 1 N–H and O–H groups in total. The molecule has 0 unspecified atom stereocenters. The van der Waals surface area contributed by atoms with E-state index in [4.69, 9.17) is 37.4 Å². The third-order valence-electron chi connectivity index (χ3n) is 4.88. The van der Waals surface area contributed by atoms with Crippen LogP contribution in [0.3, 0.4) is 0 Å². The van der Waals surface area contributed by atoms with Crippen LogP contribution < -0.4 is 19.5 Å². The van der Waals surface area contributed by atoms with Gasteiger partial charge in [0.15, 0.2) is 11.5 Å².